The highest BCUT2D eigenvalue weighted by Crippen LogP contribution is 2.21. The monoisotopic (exact) mass is 550 g/mol. The summed E-state index contributed by atoms with van der Waals surface area (Å²) in [6.45, 7) is 0.690. The van der Waals surface area contributed by atoms with E-state index in [1.54, 1.807) is 0 Å². The van der Waals surface area contributed by atoms with Crippen molar-refractivity contribution in [1.82, 2.24) is 30.0 Å². The number of aromatic amines is 1. The van der Waals surface area contributed by atoms with Gasteiger partial charge < -0.3 is 25.4 Å². The normalized spacial score (nSPS) is 14.3. The van der Waals surface area contributed by atoms with Gasteiger partial charge in [0.2, 0.25) is 0 Å². The van der Waals surface area contributed by atoms with Gasteiger partial charge >= 0.3 is 12.1 Å². The first-order chi connectivity index (χ1) is 18.8. The number of H-pyrrole nitrogens is 1. The number of halogens is 3. The number of hydrogen-bond acceptors (Lipinski definition) is 9. The number of nitrogens with zero attached hydrogens (tertiary/aromatic N) is 5. The van der Waals surface area contributed by atoms with Crippen LogP contribution in [0.1, 0.15) is 36.9 Å². The first-order valence-corrected chi connectivity index (χ1v) is 13.0. The molecule has 1 unspecified atom stereocenters. The standard InChI is InChI=1S/C25H33F3N8O3/c26-25(27,28)15-39-13-12-36(10-2-1-5-18-7-6-17-4-3-9-29-21(17)33-18)11-8-20(24(37)38)34-22-19-14-32-35-23(19)31-16-30-22/h6-7,14,16,20H,1-5,8-13,15H2,(H,29,33)(H,37,38)(H2,30,31,32,34,35). The van der Waals surface area contributed by atoms with E-state index in [-0.39, 0.29) is 19.6 Å². The van der Waals surface area contributed by atoms with Gasteiger partial charge in [0.1, 0.15) is 30.6 Å². The number of fused-ring (bicyclic) bond motifs is 2. The average Bonchev–Trinajstić information content (AvgIpc) is 3.40. The molecule has 0 saturated heterocycles. The Bertz CT molecular complexity index is 1220. The van der Waals surface area contributed by atoms with Crippen LogP contribution in [0.25, 0.3) is 11.0 Å². The van der Waals surface area contributed by atoms with Crippen LogP contribution < -0.4 is 10.6 Å². The molecule has 0 aromatic carbocycles. The van der Waals surface area contributed by atoms with E-state index in [2.05, 4.69) is 36.9 Å². The number of carboxylic acid groups (broad SMARTS) is 1. The summed E-state index contributed by atoms with van der Waals surface area (Å²) in [4.78, 5) is 26.8. The second-order valence-corrected chi connectivity index (χ2v) is 9.49. The molecule has 4 N–H and O–H groups in total. The number of ether oxygens (including phenoxy) is 1. The highest BCUT2D eigenvalue weighted by atomic mass is 19.4. The summed E-state index contributed by atoms with van der Waals surface area (Å²) < 4.78 is 42.3. The lowest BCUT2D eigenvalue weighted by Gasteiger charge is -2.25. The van der Waals surface area contributed by atoms with Crippen LogP contribution in [-0.4, -0.2) is 92.7 Å². The summed E-state index contributed by atoms with van der Waals surface area (Å²) in [5.74, 6) is 0.227. The molecule has 0 spiro atoms. The van der Waals surface area contributed by atoms with Gasteiger partial charge in [-0.2, -0.15) is 18.3 Å². The predicted molar refractivity (Wildman–Crippen MR) is 139 cm³/mol. The molecule has 0 amide bonds. The van der Waals surface area contributed by atoms with E-state index in [0.29, 0.717) is 29.9 Å². The van der Waals surface area contributed by atoms with E-state index >= 15 is 0 Å². The van der Waals surface area contributed by atoms with E-state index in [0.717, 1.165) is 50.2 Å². The topological polar surface area (TPSA) is 141 Å². The minimum absolute atomic E-state index is 0.107. The zero-order valence-corrected chi connectivity index (χ0v) is 21.5. The molecule has 3 aromatic heterocycles. The van der Waals surface area contributed by atoms with Crippen molar-refractivity contribution in [2.24, 2.45) is 0 Å². The van der Waals surface area contributed by atoms with Crippen molar-refractivity contribution in [2.45, 2.75) is 50.7 Å². The summed E-state index contributed by atoms with van der Waals surface area (Å²) in [7, 11) is 0. The molecule has 1 aliphatic heterocycles. The number of carboxylic acids is 1. The number of unbranched alkanes of at least 4 members (excludes halogenated alkanes) is 1. The van der Waals surface area contributed by atoms with Gasteiger partial charge in [-0.25, -0.2) is 19.7 Å². The predicted octanol–water partition coefficient (Wildman–Crippen LogP) is 3.27. The number of pyridine rings is 1. The zero-order valence-electron chi connectivity index (χ0n) is 21.5. The molecule has 0 aliphatic carbocycles. The van der Waals surface area contributed by atoms with E-state index in [1.807, 2.05) is 11.0 Å². The highest BCUT2D eigenvalue weighted by molar-refractivity contribution is 5.88. The molecule has 39 heavy (non-hydrogen) atoms. The Hall–Kier alpha value is -3.52. The molecule has 14 heteroatoms. The zero-order chi connectivity index (χ0) is 27.7. The Morgan fingerprint density at radius 1 is 1.21 bits per heavy atom. The summed E-state index contributed by atoms with van der Waals surface area (Å²) in [5, 5.41) is 23.2. The molecule has 0 fully saturated rings. The highest BCUT2D eigenvalue weighted by Gasteiger charge is 2.27. The molecular formula is C25H33F3N8O3. The largest absolute Gasteiger partial charge is 0.480 e. The Kier molecular flexibility index (Phi) is 9.87. The second kappa shape index (κ2) is 13.5. The van der Waals surface area contributed by atoms with Crippen LogP contribution >= 0.6 is 0 Å². The van der Waals surface area contributed by atoms with Gasteiger partial charge in [0.15, 0.2) is 5.65 Å². The molecule has 1 aliphatic rings. The summed E-state index contributed by atoms with van der Waals surface area (Å²) >= 11 is 0. The number of carbonyl (C=O) groups is 1. The molecule has 0 saturated carbocycles. The molecule has 0 radical (unpaired) electrons. The smallest absolute Gasteiger partial charge is 0.411 e. The maximum atomic E-state index is 12.5. The van der Waals surface area contributed by atoms with E-state index < -0.39 is 24.8 Å². The minimum Gasteiger partial charge on any atom is -0.480 e. The van der Waals surface area contributed by atoms with Crippen LogP contribution in [0.3, 0.4) is 0 Å². The number of aromatic nitrogens is 5. The summed E-state index contributed by atoms with van der Waals surface area (Å²) in [5.41, 5.74) is 2.70. The van der Waals surface area contributed by atoms with E-state index in [4.69, 9.17) is 9.72 Å². The van der Waals surface area contributed by atoms with Gasteiger partial charge in [-0.15, -0.1) is 0 Å². The lowest BCUT2D eigenvalue weighted by atomic mass is 10.1. The van der Waals surface area contributed by atoms with Gasteiger partial charge in [0, 0.05) is 25.3 Å². The number of aliphatic carboxylic acids is 1. The second-order valence-electron chi connectivity index (χ2n) is 9.49. The van der Waals surface area contributed by atoms with Crippen LogP contribution in [0.2, 0.25) is 0 Å². The van der Waals surface area contributed by atoms with Gasteiger partial charge in [0.25, 0.3) is 0 Å². The Morgan fingerprint density at radius 3 is 2.90 bits per heavy atom. The fraction of sp³-hybridized carbons (Fsp3) is 0.560. The van der Waals surface area contributed by atoms with Crippen LogP contribution in [-0.2, 0) is 22.4 Å². The van der Waals surface area contributed by atoms with Crippen LogP contribution in [0, 0.1) is 0 Å². The number of nitrogens with one attached hydrogen (secondary N) is 3. The number of rotatable bonds is 15. The fourth-order valence-corrected chi connectivity index (χ4v) is 4.48. The molecule has 3 aromatic rings. The number of hydrogen-bond donors (Lipinski definition) is 4. The number of anilines is 2. The summed E-state index contributed by atoms with van der Waals surface area (Å²) in [6.07, 6.45) is 3.14. The maximum absolute atomic E-state index is 12.5. The fourth-order valence-electron chi connectivity index (χ4n) is 4.48. The van der Waals surface area contributed by atoms with E-state index in [1.165, 1.54) is 18.1 Å². The Balaban J connectivity index is 1.30. The molecule has 11 nitrogen and oxygen atoms in total. The molecule has 0 bridgehead atoms. The lowest BCUT2D eigenvalue weighted by molar-refractivity contribution is -0.174. The third-order valence-corrected chi connectivity index (χ3v) is 6.52. The van der Waals surface area contributed by atoms with Crippen molar-refractivity contribution in [1.29, 1.82) is 0 Å². The van der Waals surface area contributed by atoms with Crippen molar-refractivity contribution in [3.8, 4) is 0 Å². The molecule has 212 valence electrons. The molecular weight excluding hydrogens is 517 g/mol. The van der Waals surface area contributed by atoms with Gasteiger partial charge in [-0.3, -0.25) is 5.10 Å². The molecule has 4 rings (SSSR count). The average molecular weight is 551 g/mol. The Labute approximate surface area is 223 Å². The van der Waals surface area contributed by atoms with Crippen LogP contribution in [0.4, 0.5) is 24.8 Å². The summed E-state index contributed by atoms with van der Waals surface area (Å²) in [6, 6.07) is 3.19. The van der Waals surface area contributed by atoms with Crippen molar-refractivity contribution < 1.29 is 27.8 Å². The first kappa shape index (κ1) is 28.5. The molecule has 1 atom stereocenters. The number of aryl methyl sites for hydroxylation is 2. The third kappa shape index (κ3) is 8.75. The van der Waals surface area contributed by atoms with Crippen molar-refractivity contribution in [3.63, 3.8) is 0 Å². The van der Waals surface area contributed by atoms with E-state index in [9.17, 15) is 23.1 Å². The lowest BCUT2D eigenvalue weighted by Crippen LogP contribution is -2.37. The van der Waals surface area contributed by atoms with Crippen molar-refractivity contribution in [3.05, 3.63) is 35.9 Å². The minimum atomic E-state index is -4.39. The third-order valence-electron chi connectivity index (χ3n) is 6.52. The van der Waals surface area contributed by atoms with Gasteiger partial charge in [-0.05, 0) is 56.7 Å². The SMILES string of the molecule is O=C(O)C(CCN(CCCCc1ccc2c(n1)NCCC2)CCOCC(F)(F)F)Nc1ncnc2[nH]ncc12. The van der Waals surface area contributed by atoms with Gasteiger partial charge in [0.05, 0.1) is 18.2 Å². The van der Waals surface area contributed by atoms with Crippen molar-refractivity contribution >= 4 is 28.6 Å². The first-order valence-electron chi connectivity index (χ1n) is 13.0. The maximum Gasteiger partial charge on any atom is 0.411 e. The molecule has 4 heterocycles. The number of alkyl halides is 3. The van der Waals surface area contributed by atoms with Crippen molar-refractivity contribution in [2.75, 3.05) is 50.0 Å². The van der Waals surface area contributed by atoms with Crippen LogP contribution in [0.5, 0.6) is 0 Å². The van der Waals surface area contributed by atoms with Gasteiger partial charge in [-0.1, -0.05) is 6.07 Å². The Morgan fingerprint density at radius 2 is 2.08 bits per heavy atom. The quantitative estimate of drug-likeness (QED) is 0.208. The van der Waals surface area contributed by atoms with Crippen LogP contribution in [0.15, 0.2) is 24.7 Å².